The Labute approximate surface area is 134 Å². The predicted molar refractivity (Wildman–Crippen MR) is 80.9 cm³/mol. The van der Waals surface area contributed by atoms with Crippen molar-refractivity contribution >= 4 is 33.5 Å². The maximum absolute atomic E-state index is 11.9. The van der Waals surface area contributed by atoms with Crippen molar-refractivity contribution in [3.05, 3.63) is 29.3 Å². The molecule has 9 heteroatoms. The van der Waals surface area contributed by atoms with Gasteiger partial charge in [0, 0.05) is 25.7 Å². The molecule has 0 fully saturated rings. The number of hydrogen-bond donors (Lipinski definition) is 1. The lowest BCUT2D eigenvalue weighted by Gasteiger charge is -2.10. The van der Waals surface area contributed by atoms with Crippen LogP contribution < -0.4 is 4.72 Å². The number of halogens is 1. The third-order valence-corrected chi connectivity index (χ3v) is 4.33. The lowest BCUT2D eigenvalue weighted by atomic mass is 10.4. The molecule has 0 saturated carbocycles. The second-order valence-corrected chi connectivity index (χ2v) is 6.75. The molecule has 1 N–H and O–H groups in total. The van der Waals surface area contributed by atoms with Crippen molar-refractivity contribution in [1.29, 1.82) is 0 Å². The molecule has 0 radical (unpaired) electrons. The lowest BCUT2D eigenvalue weighted by Crippen LogP contribution is -2.29. The maximum atomic E-state index is 11.9. The summed E-state index contributed by atoms with van der Waals surface area (Å²) in [5.74, 6) is -1.01. The molecule has 0 atom stereocenters. The molecule has 22 heavy (non-hydrogen) atoms. The van der Waals surface area contributed by atoms with Crippen LogP contribution in [-0.2, 0) is 24.3 Å². The highest BCUT2D eigenvalue weighted by Crippen LogP contribution is 2.13. The number of rotatable bonds is 7. The van der Waals surface area contributed by atoms with E-state index in [1.807, 2.05) is 0 Å². The van der Waals surface area contributed by atoms with Gasteiger partial charge in [-0.3, -0.25) is 9.59 Å². The summed E-state index contributed by atoms with van der Waals surface area (Å²) >= 11 is 5.68. The molecule has 0 spiro atoms. The smallest absolute Gasteiger partial charge is 0.307 e. The molecule has 0 bridgehead atoms. The first-order chi connectivity index (χ1) is 10.2. The van der Waals surface area contributed by atoms with Crippen LogP contribution in [0.5, 0.6) is 0 Å². The number of carbonyl (C=O) groups excluding carboxylic acids is 2. The minimum atomic E-state index is -3.71. The van der Waals surface area contributed by atoms with E-state index in [0.29, 0.717) is 5.02 Å². The second-order valence-electron chi connectivity index (χ2n) is 4.55. The quantitative estimate of drug-likeness (QED) is 0.730. The summed E-state index contributed by atoms with van der Waals surface area (Å²) in [6, 6.07) is 5.63. The van der Waals surface area contributed by atoms with Crippen LogP contribution in [0.15, 0.2) is 29.2 Å². The molecule has 0 aromatic heterocycles. The van der Waals surface area contributed by atoms with E-state index in [0.717, 1.165) is 0 Å². The molecule has 122 valence electrons. The van der Waals surface area contributed by atoms with Crippen molar-refractivity contribution in [3.63, 3.8) is 0 Å². The summed E-state index contributed by atoms with van der Waals surface area (Å²) in [5.41, 5.74) is 0. The molecule has 1 aromatic carbocycles. The first-order valence-electron chi connectivity index (χ1n) is 6.33. The zero-order chi connectivity index (χ0) is 16.8. The molecule has 0 saturated heterocycles. The van der Waals surface area contributed by atoms with E-state index in [2.05, 4.69) is 4.72 Å². The van der Waals surface area contributed by atoms with Crippen molar-refractivity contribution in [2.75, 3.05) is 27.2 Å². The van der Waals surface area contributed by atoms with Crippen LogP contribution in [0.4, 0.5) is 0 Å². The van der Waals surface area contributed by atoms with Crippen LogP contribution in [0.3, 0.4) is 0 Å². The first-order valence-corrected chi connectivity index (χ1v) is 8.19. The van der Waals surface area contributed by atoms with Gasteiger partial charge in [0.1, 0.15) is 0 Å². The Morgan fingerprint density at radius 2 is 1.82 bits per heavy atom. The van der Waals surface area contributed by atoms with Gasteiger partial charge in [-0.1, -0.05) is 11.6 Å². The molecule has 1 amide bonds. The van der Waals surface area contributed by atoms with Gasteiger partial charge < -0.3 is 9.64 Å². The van der Waals surface area contributed by atoms with E-state index in [1.54, 1.807) is 0 Å². The van der Waals surface area contributed by atoms with E-state index >= 15 is 0 Å². The summed E-state index contributed by atoms with van der Waals surface area (Å²) in [6.07, 6.45) is -0.173. The highest BCUT2D eigenvalue weighted by Gasteiger charge is 2.15. The molecule has 1 aromatic rings. The molecular formula is C13H17ClN2O5S. The molecule has 7 nitrogen and oxygen atoms in total. The Morgan fingerprint density at radius 1 is 1.23 bits per heavy atom. The topological polar surface area (TPSA) is 92.8 Å². The van der Waals surface area contributed by atoms with Crippen molar-refractivity contribution in [2.45, 2.75) is 11.3 Å². The van der Waals surface area contributed by atoms with Crippen LogP contribution in [0, 0.1) is 0 Å². The van der Waals surface area contributed by atoms with Gasteiger partial charge in [-0.05, 0) is 24.3 Å². The van der Waals surface area contributed by atoms with Crippen LogP contribution in [0.2, 0.25) is 5.02 Å². The number of ether oxygens (including phenoxy) is 1. The van der Waals surface area contributed by atoms with E-state index in [-0.39, 0.29) is 30.4 Å². The molecule has 0 aliphatic heterocycles. The number of esters is 1. The van der Waals surface area contributed by atoms with Crippen LogP contribution in [0.25, 0.3) is 0 Å². The molecule has 0 aliphatic carbocycles. The third kappa shape index (κ3) is 6.00. The van der Waals surface area contributed by atoms with Gasteiger partial charge in [0.2, 0.25) is 10.0 Å². The van der Waals surface area contributed by atoms with Crippen LogP contribution in [0.1, 0.15) is 6.42 Å². The average molecular weight is 349 g/mol. The fourth-order valence-corrected chi connectivity index (χ4v) is 2.49. The number of benzene rings is 1. The zero-order valence-corrected chi connectivity index (χ0v) is 13.8. The number of amides is 1. The Hall–Kier alpha value is -1.64. The van der Waals surface area contributed by atoms with Crippen molar-refractivity contribution in [2.24, 2.45) is 0 Å². The van der Waals surface area contributed by atoms with Crippen LogP contribution >= 0.6 is 11.6 Å². The van der Waals surface area contributed by atoms with Gasteiger partial charge in [0.25, 0.3) is 5.91 Å². The van der Waals surface area contributed by atoms with Gasteiger partial charge >= 0.3 is 5.97 Å². The summed E-state index contributed by atoms with van der Waals surface area (Å²) < 4.78 is 30.8. The Kier molecular flexibility index (Phi) is 6.79. The monoisotopic (exact) mass is 348 g/mol. The summed E-state index contributed by atoms with van der Waals surface area (Å²) in [5, 5.41) is 0.424. The second kappa shape index (κ2) is 8.11. The van der Waals surface area contributed by atoms with E-state index in [9.17, 15) is 18.0 Å². The number of nitrogens with one attached hydrogen (secondary N) is 1. The van der Waals surface area contributed by atoms with Gasteiger partial charge in [-0.2, -0.15) is 0 Å². The molecule has 0 heterocycles. The van der Waals surface area contributed by atoms with Crippen LogP contribution in [-0.4, -0.2) is 52.4 Å². The van der Waals surface area contributed by atoms with Gasteiger partial charge in [0.15, 0.2) is 6.61 Å². The number of likely N-dealkylation sites (N-methyl/N-ethyl adjacent to an activating group) is 1. The fourth-order valence-electron chi connectivity index (χ4n) is 1.33. The number of sulfonamides is 1. The Bertz CT molecular complexity index is 628. The highest BCUT2D eigenvalue weighted by molar-refractivity contribution is 7.89. The Balaban J connectivity index is 2.41. The zero-order valence-electron chi connectivity index (χ0n) is 12.2. The van der Waals surface area contributed by atoms with Crippen molar-refractivity contribution < 1.29 is 22.7 Å². The number of carbonyl (C=O) groups is 2. The molecule has 0 aliphatic rings. The van der Waals surface area contributed by atoms with Gasteiger partial charge in [0.05, 0.1) is 11.3 Å². The van der Waals surface area contributed by atoms with Gasteiger partial charge in [-0.25, -0.2) is 13.1 Å². The SMILES string of the molecule is CN(C)C(=O)COC(=O)CCNS(=O)(=O)c1ccc(Cl)cc1. The highest BCUT2D eigenvalue weighted by atomic mass is 35.5. The number of hydrogen-bond acceptors (Lipinski definition) is 5. The first kappa shape index (κ1) is 18.4. The molecular weight excluding hydrogens is 332 g/mol. The Morgan fingerprint density at radius 3 is 2.36 bits per heavy atom. The summed E-state index contributed by atoms with van der Waals surface area (Å²) in [4.78, 5) is 23.9. The van der Waals surface area contributed by atoms with E-state index in [4.69, 9.17) is 16.3 Å². The summed E-state index contributed by atoms with van der Waals surface area (Å²) in [6.45, 7) is -0.490. The minimum Gasteiger partial charge on any atom is -0.456 e. The van der Waals surface area contributed by atoms with E-state index in [1.165, 1.54) is 43.3 Å². The minimum absolute atomic E-state index is 0.0491. The van der Waals surface area contributed by atoms with Gasteiger partial charge in [-0.15, -0.1) is 0 Å². The standard InChI is InChI=1S/C13H17ClN2O5S/c1-16(2)12(17)9-21-13(18)7-8-15-22(19,20)11-5-3-10(14)4-6-11/h3-6,15H,7-9H2,1-2H3. The van der Waals surface area contributed by atoms with E-state index < -0.39 is 16.0 Å². The number of nitrogens with zero attached hydrogens (tertiary/aromatic N) is 1. The summed E-state index contributed by atoms with van der Waals surface area (Å²) in [7, 11) is -0.633. The normalized spacial score (nSPS) is 11.0. The molecule has 0 unspecified atom stereocenters. The predicted octanol–water partition coefficient (Wildman–Crippen LogP) is 0.640. The fraction of sp³-hybridized carbons (Fsp3) is 0.385. The third-order valence-electron chi connectivity index (χ3n) is 2.60. The average Bonchev–Trinajstić information content (AvgIpc) is 2.44. The molecule has 1 rings (SSSR count). The largest absolute Gasteiger partial charge is 0.456 e. The van der Waals surface area contributed by atoms with Crippen molar-refractivity contribution in [3.8, 4) is 0 Å². The maximum Gasteiger partial charge on any atom is 0.307 e. The van der Waals surface area contributed by atoms with Crippen molar-refractivity contribution in [1.82, 2.24) is 9.62 Å². The lowest BCUT2D eigenvalue weighted by molar-refractivity contribution is -0.150.